The second-order valence-corrected chi connectivity index (χ2v) is 11.2. The molecule has 0 amide bonds. The summed E-state index contributed by atoms with van der Waals surface area (Å²) in [5, 5.41) is 7.38. The van der Waals surface area contributed by atoms with Gasteiger partial charge in [0.2, 0.25) is 0 Å². The zero-order valence-corrected chi connectivity index (χ0v) is 20.4. The van der Waals surface area contributed by atoms with Gasteiger partial charge in [0.15, 0.2) is 0 Å². The number of anilines is 1. The summed E-state index contributed by atoms with van der Waals surface area (Å²) in [4.78, 5) is 17.8. The summed E-state index contributed by atoms with van der Waals surface area (Å²) in [5.41, 5.74) is 3.90. The molecule has 3 rings (SSSR count). The highest BCUT2D eigenvalue weighted by Crippen LogP contribution is 2.44. The summed E-state index contributed by atoms with van der Waals surface area (Å²) in [6.45, 7) is 2.10. The van der Waals surface area contributed by atoms with Gasteiger partial charge in [-0.25, -0.2) is 0 Å². The van der Waals surface area contributed by atoms with Crippen molar-refractivity contribution >= 4 is 24.9 Å². The van der Waals surface area contributed by atoms with Crippen LogP contribution in [0.4, 0.5) is 5.69 Å². The number of hydrogen-bond acceptors (Lipinski definition) is 3. The van der Waals surface area contributed by atoms with Crippen molar-refractivity contribution in [1.82, 2.24) is 5.32 Å². The first kappa shape index (κ1) is 25.3. The molecule has 0 saturated heterocycles. The lowest BCUT2D eigenvalue weighted by Gasteiger charge is -2.30. The molecule has 1 saturated carbocycles. The Kier molecular flexibility index (Phi) is 9.63. The second kappa shape index (κ2) is 12.2. The Hall–Kier alpha value is -1.36. The van der Waals surface area contributed by atoms with Gasteiger partial charge in [0.1, 0.15) is 0 Å². The highest BCUT2D eigenvalue weighted by Gasteiger charge is 2.34. The standard InChI is InChI=1S/C25H36ClN2O3P/c26-23-19-21(20-27-16-8-18-32(29,30)31)11-12-24(23)28-17-7-6-15-25(13-4-5-14-25)22-9-2-1-3-10-22/h1-3,9-12,19,27-28H,4-8,13-18,20H2,(H2,29,30,31). The van der Waals surface area contributed by atoms with Crippen molar-refractivity contribution in [1.29, 1.82) is 0 Å². The van der Waals surface area contributed by atoms with Gasteiger partial charge in [-0.05, 0) is 67.3 Å². The lowest BCUT2D eigenvalue weighted by Crippen LogP contribution is -2.22. The fraction of sp³-hybridized carbons (Fsp3) is 0.520. The molecule has 0 unspecified atom stereocenters. The van der Waals surface area contributed by atoms with Crippen molar-refractivity contribution in [2.75, 3.05) is 24.6 Å². The van der Waals surface area contributed by atoms with Gasteiger partial charge in [-0.3, -0.25) is 4.57 Å². The van der Waals surface area contributed by atoms with Gasteiger partial charge >= 0.3 is 7.60 Å². The topological polar surface area (TPSA) is 81.6 Å². The van der Waals surface area contributed by atoms with Crippen molar-refractivity contribution < 1.29 is 14.4 Å². The van der Waals surface area contributed by atoms with E-state index < -0.39 is 7.60 Å². The van der Waals surface area contributed by atoms with E-state index in [0.29, 0.717) is 29.9 Å². The average molecular weight is 479 g/mol. The fourth-order valence-corrected chi connectivity index (χ4v) is 5.63. The van der Waals surface area contributed by atoms with Crippen molar-refractivity contribution in [2.45, 2.75) is 63.3 Å². The highest BCUT2D eigenvalue weighted by molar-refractivity contribution is 7.51. The van der Waals surface area contributed by atoms with Crippen LogP contribution in [0, 0.1) is 0 Å². The van der Waals surface area contributed by atoms with Crippen molar-refractivity contribution in [2.24, 2.45) is 0 Å². The Balaban J connectivity index is 1.38. The summed E-state index contributed by atoms with van der Waals surface area (Å²) in [5.74, 6) is 0. The molecule has 176 valence electrons. The van der Waals surface area contributed by atoms with Gasteiger partial charge in [-0.15, -0.1) is 0 Å². The van der Waals surface area contributed by atoms with E-state index >= 15 is 0 Å². The minimum absolute atomic E-state index is 0.0872. The molecule has 2 aromatic carbocycles. The van der Waals surface area contributed by atoms with E-state index in [0.717, 1.165) is 24.2 Å². The van der Waals surface area contributed by atoms with Crippen molar-refractivity contribution in [3.05, 3.63) is 64.7 Å². The molecule has 1 fully saturated rings. The molecule has 0 spiro atoms. The molecule has 32 heavy (non-hydrogen) atoms. The number of unbranched alkanes of at least 4 members (excludes halogenated alkanes) is 1. The third-order valence-electron chi connectivity index (χ3n) is 6.51. The first-order valence-electron chi connectivity index (χ1n) is 11.7. The van der Waals surface area contributed by atoms with Crippen LogP contribution in [0.3, 0.4) is 0 Å². The van der Waals surface area contributed by atoms with Crippen molar-refractivity contribution in [3.8, 4) is 0 Å². The number of hydrogen-bond donors (Lipinski definition) is 4. The van der Waals surface area contributed by atoms with E-state index in [-0.39, 0.29) is 6.16 Å². The number of rotatable bonds is 13. The first-order valence-corrected chi connectivity index (χ1v) is 13.9. The lowest BCUT2D eigenvalue weighted by atomic mass is 9.75. The van der Waals surface area contributed by atoms with E-state index in [1.165, 1.54) is 44.1 Å². The van der Waals surface area contributed by atoms with Crippen LogP contribution in [0.5, 0.6) is 0 Å². The van der Waals surface area contributed by atoms with Gasteiger partial charge in [-0.1, -0.05) is 67.3 Å². The van der Waals surface area contributed by atoms with E-state index in [9.17, 15) is 4.57 Å². The Morgan fingerprint density at radius 2 is 1.72 bits per heavy atom. The van der Waals surface area contributed by atoms with Crippen LogP contribution in [0.15, 0.2) is 48.5 Å². The zero-order chi connectivity index (χ0) is 22.9. The minimum atomic E-state index is -3.90. The number of benzene rings is 2. The first-order chi connectivity index (χ1) is 15.4. The van der Waals surface area contributed by atoms with E-state index in [1.54, 1.807) is 0 Å². The van der Waals surface area contributed by atoms with Gasteiger partial charge in [0.25, 0.3) is 0 Å². The Bertz CT molecular complexity index is 882. The summed E-state index contributed by atoms with van der Waals surface area (Å²) >= 11 is 6.45. The molecule has 2 aromatic rings. The average Bonchev–Trinajstić information content (AvgIpc) is 3.24. The third kappa shape index (κ3) is 7.90. The maximum Gasteiger partial charge on any atom is 0.325 e. The SMILES string of the molecule is O=P(O)(O)CCCNCc1ccc(NCCCCC2(c3ccccc3)CCCC2)c(Cl)c1. The summed E-state index contributed by atoms with van der Waals surface area (Å²) in [6, 6.07) is 17.0. The van der Waals surface area contributed by atoms with Crippen LogP contribution < -0.4 is 10.6 Å². The van der Waals surface area contributed by atoms with Crippen LogP contribution in [0.25, 0.3) is 0 Å². The Labute approximate surface area is 197 Å². The van der Waals surface area contributed by atoms with E-state index in [1.807, 2.05) is 18.2 Å². The molecule has 5 nitrogen and oxygen atoms in total. The Morgan fingerprint density at radius 1 is 0.969 bits per heavy atom. The van der Waals surface area contributed by atoms with Gasteiger partial charge < -0.3 is 20.4 Å². The molecule has 0 heterocycles. The summed E-state index contributed by atoms with van der Waals surface area (Å²) in [7, 11) is -3.90. The highest BCUT2D eigenvalue weighted by atomic mass is 35.5. The molecule has 0 aromatic heterocycles. The molecule has 1 aliphatic carbocycles. The van der Waals surface area contributed by atoms with Crippen LogP contribution in [0.1, 0.15) is 62.5 Å². The molecular formula is C25H36ClN2O3P. The van der Waals surface area contributed by atoms with Crippen LogP contribution in [-0.4, -0.2) is 29.0 Å². The normalized spacial score (nSPS) is 15.7. The fourth-order valence-electron chi connectivity index (χ4n) is 4.79. The summed E-state index contributed by atoms with van der Waals surface area (Å²) < 4.78 is 10.9. The second-order valence-electron chi connectivity index (χ2n) is 8.97. The lowest BCUT2D eigenvalue weighted by molar-refractivity contribution is 0.371. The van der Waals surface area contributed by atoms with Crippen LogP contribution >= 0.6 is 19.2 Å². The smallest absolute Gasteiger partial charge is 0.325 e. The van der Waals surface area contributed by atoms with Crippen LogP contribution in [0.2, 0.25) is 5.02 Å². The minimum Gasteiger partial charge on any atom is -0.384 e. The quantitative estimate of drug-likeness (QED) is 0.207. The maximum absolute atomic E-state index is 10.9. The number of halogens is 1. The van der Waals surface area contributed by atoms with Crippen LogP contribution in [-0.2, 0) is 16.5 Å². The maximum atomic E-state index is 10.9. The van der Waals surface area contributed by atoms with Gasteiger partial charge in [0.05, 0.1) is 16.9 Å². The molecular weight excluding hydrogens is 443 g/mol. The number of nitrogens with one attached hydrogen (secondary N) is 2. The molecule has 0 atom stereocenters. The van der Waals surface area contributed by atoms with Crippen molar-refractivity contribution in [3.63, 3.8) is 0 Å². The Morgan fingerprint density at radius 3 is 2.41 bits per heavy atom. The third-order valence-corrected chi connectivity index (χ3v) is 7.72. The molecule has 1 aliphatic rings. The van der Waals surface area contributed by atoms with E-state index in [4.69, 9.17) is 21.4 Å². The predicted molar refractivity (Wildman–Crippen MR) is 134 cm³/mol. The molecule has 0 radical (unpaired) electrons. The molecule has 4 N–H and O–H groups in total. The van der Waals surface area contributed by atoms with Gasteiger partial charge in [-0.2, -0.15) is 0 Å². The molecule has 0 aliphatic heterocycles. The predicted octanol–water partition coefficient (Wildman–Crippen LogP) is 6.09. The molecule has 7 heteroatoms. The molecule has 0 bridgehead atoms. The largest absolute Gasteiger partial charge is 0.384 e. The van der Waals surface area contributed by atoms with E-state index in [2.05, 4.69) is 41.0 Å². The monoisotopic (exact) mass is 478 g/mol. The summed E-state index contributed by atoms with van der Waals surface area (Å²) in [6.07, 6.45) is 9.24. The van der Waals surface area contributed by atoms with Gasteiger partial charge in [0, 0.05) is 13.1 Å². The zero-order valence-electron chi connectivity index (χ0n) is 18.7.